The Hall–Kier alpha value is -2.63. The van der Waals surface area contributed by atoms with E-state index in [2.05, 4.69) is 15.3 Å². The Bertz CT molecular complexity index is 715. The maximum atomic E-state index is 14.0. The van der Waals surface area contributed by atoms with E-state index in [0.29, 0.717) is 28.3 Å². The van der Waals surface area contributed by atoms with E-state index in [-0.39, 0.29) is 5.82 Å². The number of nitrogens with one attached hydrogen (secondary N) is 1. The zero-order chi connectivity index (χ0) is 13.4. The van der Waals surface area contributed by atoms with E-state index in [1.165, 1.54) is 10.7 Å². The standard InChI is InChI=1S/C13H12FN5/c1-19-13(15)11(8-4-2-3-5-9(8)14)12(18-19)10-6-7-16-17-10/h2-7H,15H2,1H3,(H,16,17). The van der Waals surface area contributed by atoms with Crippen LogP contribution in [0.5, 0.6) is 0 Å². The number of aromatic nitrogens is 4. The predicted octanol–water partition coefficient (Wildman–Crippen LogP) is 2.20. The van der Waals surface area contributed by atoms with Crippen molar-refractivity contribution in [2.24, 2.45) is 7.05 Å². The third-order valence-electron chi connectivity index (χ3n) is 2.99. The fourth-order valence-electron chi connectivity index (χ4n) is 2.04. The molecule has 0 spiro atoms. The minimum Gasteiger partial charge on any atom is -0.383 e. The molecule has 1 aromatic carbocycles. The molecule has 0 unspecified atom stereocenters. The highest BCUT2D eigenvalue weighted by atomic mass is 19.1. The van der Waals surface area contributed by atoms with Gasteiger partial charge in [-0.15, -0.1) is 0 Å². The molecule has 0 aliphatic heterocycles. The smallest absolute Gasteiger partial charge is 0.131 e. The summed E-state index contributed by atoms with van der Waals surface area (Å²) in [5.41, 5.74) is 8.30. The molecule has 0 saturated heterocycles. The molecule has 2 aromatic heterocycles. The molecule has 2 heterocycles. The molecule has 3 rings (SSSR count). The van der Waals surface area contributed by atoms with Crippen molar-refractivity contribution >= 4 is 5.82 Å². The number of nitrogens with two attached hydrogens (primary N) is 1. The van der Waals surface area contributed by atoms with Gasteiger partial charge in [0, 0.05) is 18.8 Å². The average Bonchev–Trinajstić information content (AvgIpc) is 3.01. The first-order valence-electron chi connectivity index (χ1n) is 5.75. The second-order valence-corrected chi connectivity index (χ2v) is 4.18. The van der Waals surface area contributed by atoms with Crippen LogP contribution in [0.25, 0.3) is 22.5 Å². The van der Waals surface area contributed by atoms with E-state index in [4.69, 9.17) is 5.73 Å². The van der Waals surface area contributed by atoms with Crippen LogP contribution in [0.1, 0.15) is 0 Å². The Morgan fingerprint density at radius 3 is 2.74 bits per heavy atom. The minimum absolute atomic E-state index is 0.331. The van der Waals surface area contributed by atoms with Gasteiger partial charge in [-0.2, -0.15) is 10.2 Å². The number of nitrogens with zero attached hydrogens (tertiary/aromatic N) is 3. The lowest BCUT2D eigenvalue weighted by Gasteiger charge is -2.04. The molecule has 5 nitrogen and oxygen atoms in total. The van der Waals surface area contributed by atoms with Gasteiger partial charge < -0.3 is 5.73 Å². The summed E-state index contributed by atoms with van der Waals surface area (Å²) in [7, 11) is 1.72. The van der Waals surface area contributed by atoms with Crippen molar-refractivity contribution in [3.8, 4) is 22.5 Å². The van der Waals surface area contributed by atoms with Crippen LogP contribution in [-0.4, -0.2) is 20.0 Å². The van der Waals surface area contributed by atoms with Gasteiger partial charge in [0.1, 0.15) is 17.3 Å². The van der Waals surface area contributed by atoms with E-state index in [1.807, 2.05) is 0 Å². The summed E-state index contributed by atoms with van der Waals surface area (Å²) in [5.74, 6) is 0.0812. The summed E-state index contributed by atoms with van der Waals surface area (Å²) in [4.78, 5) is 0. The zero-order valence-electron chi connectivity index (χ0n) is 10.3. The fraction of sp³-hybridized carbons (Fsp3) is 0.0769. The number of anilines is 1. The zero-order valence-corrected chi connectivity index (χ0v) is 10.3. The molecule has 0 aliphatic carbocycles. The number of H-pyrrole nitrogens is 1. The van der Waals surface area contributed by atoms with Crippen molar-refractivity contribution in [1.29, 1.82) is 0 Å². The van der Waals surface area contributed by atoms with Crippen molar-refractivity contribution in [2.45, 2.75) is 0 Å². The third kappa shape index (κ3) is 1.77. The number of rotatable bonds is 2. The number of benzene rings is 1. The molecule has 0 radical (unpaired) electrons. The Morgan fingerprint density at radius 1 is 1.26 bits per heavy atom. The summed E-state index contributed by atoms with van der Waals surface area (Å²) >= 11 is 0. The highest BCUT2D eigenvalue weighted by Gasteiger charge is 2.20. The summed E-state index contributed by atoms with van der Waals surface area (Å²) in [6.07, 6.45) is 1.62. The molecule has 0 aliphatic rings. The minimum atomic E-state index is -0.331. The quantitative estimate of drug-likeness (QED) is 0.739. The molecule has 0 fully saturated rings. The van der Waals surface area contributed by atoms with Crippen molar-refractivity contribution in [3.63, 3.8) is 0 Å². The third-order valence-corrected chi connectivity index (χ3v) is 2.99. The molecule has 3 aromatic rings. The van der Waals surface area contributed by atoms with E-state index in [9.17, 15) is 4.39 Å². The van der Waals surface area contributed by atoms with E-state index < -0.39 is 0 Å². The molecule has 19 heavy (non-hydrogen) atoms. The van der Waals surface area contributed by atoms with Crippen LogP contribution in [0, 0.1) is 5.82 Å². The van der Waals surface area contributed by atoms with Crippen molar-refractivity contribution in [3.05, 3.63) is 42.3 Å². The van der Waals surface area contributed by atoms with E-state index in [1.54, 1.807) is 37.5 Å². The second-order valence-electron chi connectivity index (χ2n) is 4.18. The Labute approximate surface area is 108 Å². The molecular formula is C13H12FN5. The van der Waals surface area contributed by atoms with Gasteiger partial charge in [0.25, 0.3) is 0 Å². The molecule has 6 heteroatoms. The molecule has 3 N–H and O–H groups in total. The van der Waals surface area contributed by atoms with Crippen molar-refractivity contribution in [2.75, 3.05) is 5.73 Å². The Morgan fingerprint density at radius 2 is 2.05 bits per heavy atom. The Balaban J connectivity index is 2.29. The van der Waals surface area contributed by atoms with Crippen LogP contribution >= 0.6 is 0 Å². The van der Waals surface area contributed by atoms with E-state index >= 15 is 0 Å². The largest absolute Gasteiger partial charge is 0.383 e. The monoisotopic (exact) mass is 257 g/mol. The highest BCUT2D eigenvalue weighted by Crippen LogP contribution is 2.36. The van der Waals surface area contributed by atoms with Crippen LogP contribution in [0.3, 0.4) is 0 Å². The fourth-order valence-corrected chi connectivity index (χ4v) is 2.04. The van der Waals surface area contributed by atoms with Crippen LogP contribution in [0.4, 0.5) is 10.2 Å². The van der Waals surface area contributed by atoms with Crippen molar-refractivity contribution < 1.29 is 4.39 Å². The van der Waals surface area contributed by atoms with Crippen LogP contribution in [0.15, 0.2) is 36.5 Å². The first-order chi connectivity index (χ1) is 9.18. The second kappa shape index (κ2) is 4.24. The highest BCUT2D eigenvalue weighted by molar-refractivity contribution is 5.87. The number of hydrogen-bond donors (Lipinski definition) is 2. The van der Waals surface area contributed by atoms with Gasteiger partial charge >= 0.3 is 0 Å². The number of hydrogen-bond acceptors (Lipinski definition) is 3. The first-order valence-corrected chi connectivity index (χ1v) is 5.75. The summed E-state index contributed by atoms with van der Waals surface area (Å²) in [5, 5.41) is 11.0. The maximum Gasteiger partial charge on any atom is 0.131 e. The number of aryl methyl sites for hydroxylation is 1. The maximum absolute atomic E-state index is 14.0. The first kappa shape index (κ1) is 11.5. The van der Waals surface area contributed by atoms with Gasteiger partial charge in [0.15, 0.2) is 0 Å². The average molecular weight is 257 g/mol. The lowest BCUT2D eigenvalue weighted by Crippen LogP contribution is -1.98. The van der Waals surface area contributed by atoms with Gasteiger partial charge in [-0.1, -0.05) is 18.2 Å². The van der Waals surface area contributed by atoms with Crippen LogP contribution in [0.2, 0.25) is 0 Å². The Kier molecular flexibility index (Phi) is 2.56. The van der Waals surface area contributed by atoms with Gasteiger partial charge in [-0.3, -0.25) is 9.78 Å². The van der Waals surface area contributed by atoms with Gasteiger partial charge in [0.2, 0.25) is 0 Å². The number of halogens is 1. The number of aromatic amines is 1. The lowest BCUT2D eigenvalue weighted by atomic mass is 10.0. The van der Waals surface area contributed by atoms with Crippen molar-refractivity contribution in [1.82, 2.24) is 20.0 Å². The van der Waals surface area contributed by atoms with Gasteiger partial charge in [-0.25, -0.2) is 4.39 Å². The summed E-state index contributed by atoms with van der Waals surface area (Å²) in [6, 6.07) is 8.26. The molecule has 0 bridgehead atoms. The van der Waals surface area contributed by atoms with Crippen LogP contribution < -0.4 is 5.73 Å². The van der Waals surface area contributed by atoms with E-state index in [0.717, 1.165) is 0 Å². The lowest BCUT2D eigenvalue weighted by molar-refractivity contribution is 0.631. The topological polar surface area (TPSA) is 72.5 Å². The molecule has 0 saturated carbocycles. The molecule has 96 valence electrons. The molecule has 0 amide bonds. The van der Waals surface area contributed by atoms with Gasteiger partial charge in [-0.05, 0) is 12.1 Å². The normalized spacial score (nSPS) is 10.8. The molecule has 0 atom stereocenters. The summed E-state index contributed by atoms with van der Waals surface area (Å²) in [6.45, 7) is 0. The van der Waals surface area contributed by atoms with Crippen LogP contribution in [-0.2, 0) is 7.05 Å². The summed E-state index contributed by atoms with van der Waals surface area (Å²) < 4.78 is 15.5. The number of nitrogen functional groups attached to an aromatic ring is 1. The predicted molar refractivity (Wildman–Crippen MR) is 70.6 cm³/mol. The molecular weight excluding hydrogens is 245 g/mol. The SMILES string of the molecule is Cn1nc(-c2ccn[nH]2)c(-c2ccccc2F)c1N. The van der Waals surface area contributed by atoms with Gasteiger partial charge in [0.05, 0.1) is 11.3 Å².